The summed E-state index contributed by atoms with van der Waals surface area (Å²) in [6, 6.07) is 16.4. The van der Waals surface area contributed by atoms with Gasteiger partial charge in [0.2, 0.25) is 11.8 Å². The van der Waals surface area contributed by atoms with Gasteiger partial charge in [-0.05, 0) is 105 Å². The molecule has 2 amide bonds. The molecule has 2 aliphatic heterocycles. The van der Waals surface area contributed by atoms with Crippen LogP contribution in [-0.2, 0) is 35.0 Å². The van der Waals surface area contributed by atoms with E-state index >= 15 is 0 Å². The summed E-state index contributed by atoms with van der Waals surface area (Å²) < 4.78 is 26.5. The number of hydrogen-bond donors (Lipinski definition) is 2. The quantitative estimate of drug-likeness (QED) is 0.178. The predicted octanol–water partition coefficient (Wildman–Crippen LogP) is 6.80. The third-order valence-corrected chi connectivity index (χ3v) is 14.6. The van der Waals surface area contributed by atoms with Crippen molar-refractivity contribution < 1.29 is 38.4 Å². The molecule has 0 radical (unpaired) electrons. The number of carbonyl (C=O) groups excluding carboxylic acids is 3. The van der Waals surface area contributed by atoms with Gasteiger partial charge < -0.3 is 34.3 Å². The summed E-state index contributed by atoms with van der Waals surface area (Å²) in [5.41, 5.74) is 4.32. The molecule has 0 aromatic heterocycles. The van der Waals surface area contributed by atoms with Crippen molar-refractivity contribution in [3.05, 3.63) is 88.5 Å². The third-order valence-electron chi connectivity index (χ3n) is 14.6. The number of allylic oxidation sites excluding steroid dienone is 1. The number of nitrogens with one attached hydrogen (secondary N) is 1. The largest absolute Gasteiger partial charge is 0.456 e. The van der Waals surface area contributed by atoms with Gasteiger partial charge in [0.25, 0.3) is 0 Å². The molecule has 7 aliphatic rings. The van der Waals surface area contributed by atoms with Crippen molar-refractivity contribution in [3.63, 3.8) is 0 Å². The van der Waals surface area contributed by atoms with Gasteiger partial charge in [0.1, 0.15) is 24.4 Å². The molecule has 2 N–H and O–H groups in total. The number of aliphatic hydroxyl groups excluding tert-OH is 1. The van der Waals surface area contributed by atoms with E-state index in [0.29, 0.717) is 29.4 Å². The fourth-order valence-corrected chi connectivity index (χ4v) is 10.9. The number of carbonyl (C=O) groups is 3. The number of benzene rings is 2. The molecule has 10 heteroatoms. The van der Waals surface area contributed by atoms with Gasteiger partial charge in [-0.15, -0.1) is 0 Å². The van der Waals surface area contributed by atoms with Gasteiger partial charge in [0.15, 0.2) is 5.79 Å². The maximum Gasteiger partial charge on any atom is 0.339 e. The van der Waals surface area contributed by atoms with Crippen LogP contribution in [0.25, 0.3) is 6.08 Å². The van der Waals surface area contributed by atoms with Crippen LogP contribution in [0.5, 0.6) is 0 Å². The first-order chi connectivity index (χ1) is 27.9. The summed E-state index contributed by atoms with van der Waals surface area (Å²) >= 11 is 0. The summed E-state index contributed by atoms with van der Waals surface area (Å²) in [5, 5.41) is 12.2. The van der Waals surface area contributed by atoms with Crippen molar-refractivity contribution in [3.8, 4) is 0 Å². The van der Waals surface area contributed by atoms with Gasteiger partial charge in [-0.1, -0.05) is 74.0 Å². The van der Waals surface area contributed by atoms with Crippen molar-refractivity contribution in [1.82, 2.24) is 10.2 Å². The van der Waals surface area contributed by atoms with Crippen LogP contribution >= 0.6 is 0 Å². The lowest BCUT2D eigenvalue weighted by Gasteiger charge is -2.53. The first kappa shape index (κ1) is 39.6. The van der Waals surface area contributed by atoms with Gasteiger partial charge in [-0.2, -0.15) is 0 Å². The molecule has 2 aromatic carbocycles. The van der Waals surface area contributed by atoms with E-state index in [1.54, 1.807) is 7.05 Å². The Morgan fingerprint density at radius 3 is 2.38 bits per heavy atom. The number of hydrogen-bond acceptors (Lipinski definition) is 8. The lowest BCUT2D eigenvalue weighted by atomic mass is 9.52. The molecule has 1 unspecified atom stereocenters. The number of esters is 1. The van der Waals surface area contributed by atoms with Gasteiger partial charge in [-0.25, -0.2) is 4.79 Å². The summed E-state index contributed by atoms with van der Waals surface area (Å²) in [5.74, 6) is -0.267. The molecule has 0 bridgehead atoms. The normalized spacial score (nSPS) is 33.1. The second kappa shape index (κ2) is 15.3. The minimum absolute atomic E-state index is 0.00745. The third kappa shape index (κ3) is 7.59. The van der Waals surface area contributed by atoms with E-state index in [0.717, 1.165) is 68.9 Å². The van der Waals surface area contributed by atoms with Gasteiger partial charge in [-0.3, -0.25) is 9.59 Å². The Hall–Kier alpha value is -3.83. The van der Waals surface area contributed by atoms with Crippen LogP contribution in [-0.4, -0.2) is 89.8 Å². The molecule has 9 rings (SSSR count). The molecule has 2 aromatic rings. The number of nitrogens with zero attached hydrogens (tertiary/aromatic N) is 1. The van der Waals surface area contributed by atoms with Crippen molar-refractivity contribution in [2.75, 3.05) is 20.2 Å². The second-order valence-electron chi connectivity index (χ2n) is 19.1. The fourth-order valence-electron chi connectivity index (χ4n) is 10.9. The standard InChI is InChI=1S/C48H60N2O8/c1-46(2)28-36-31(14-19-41-47(3,57-41)21-20-37(36)46)25-30-12-8-9-13-35(30)45(54)55-39-26-32(27-40-42(39)58-48(56-40,33-15-16-33)34-17-18-34)44(53)50(4)38(43(52)49-22-23-51)24-29-10-6-5-7-11-29/h5-13,25,27,33-34,36-42,51H,14-24,26,28H2,1-4H3,(H,49,52)/t36-,37-,38-,39-,40-,41?,42+,47-/m1/s1. The first-order valence-corrected chi connectivity index (χ1v) is 21.8. The van der Waals surface area contributed by atoms with E-state index in [-0.39, 0.29) is 60.3 Å². The van der Waals surface area contributed by atoms with Crippen LogP contribution in [0, 0.1) is 29.1 Å². The Bertz CT molecular complexity index is 1960. The van der Waals surface area contributed by atoms with E-state index in [4.69, 9.17) is 18.9 Å². The Morgan fingerprint density at radius 2 is 1.67 bits per heavy atom. The highest BCUT2D eigenvalue weighted by Crippen LogP contribution is 2.61. The minimum Gasteiger partial charge on any atom is -0.456 e. The Kier molecular flexibility index (Phi) is 10.5. The van der Waals surface area contributed by atoms with Crippen molar-refractivity contribution in [2.45, 2.75) is 133 Å². The second-order valence-corrected chi connectivity index (χ2v) is 19.1. The summed E-state index contributed by atoms with van der Waals surface area (Å²) in [4.78, 5) is 44.0. The molecule has 0 spiro atoms. The molecule has 2 saturated heterocycles. The van der Waals surface area contributed by atoms with Gasteiger partial charge in [0, 0.05) is 43.8 Å². The molecule has 6 fully saturated rings. The molecule has 10 nitrogen and oxygen atoms in total. The number of ether oxygens (including phenoxy) is 4. The number of aliphatic hydroxyl groups is 1. The molecule has 5 aliphatic carbocycles. The molecule has 4 saturated carbocycles. The Morgan fingerprint density at radius 1 is 0.948 bits per heavy atom. The van der Waals surface area contributed by atoms with Gasteiger partial charge in [0.05, 0.1) is 23.9 Å². The SMILES string of the molecule is CN(C(=O)C1=C[C@H]2OC(C3CC3)(C3CC3)O[C@H]2[C@H](OC(=O)c2ccccc2C=C2CCC3O[C@]3(C)CC[C@@H]3[C@@H]2CC3(C)C)C1)[C@H](Cc1ccccc1)C(=O)NCCO. The average Bonchev–Trinajstić information content (AvgIpc) is 4.13. The number of likely N-dealkylation sites (N-methyl/N-ethyl adjacent to an activating group) is 1. The van der Waals surface area contributed by atoms with Crippen LogP contribution in [0.4, 0.5) is 0 Å². The highest BCUT2D eigenvalue weighted by molar-refractivity contribution is 5.98. The fraction of sp³-hybridized carbons (Fsp3) is 0.604. The van der Waals surface area contributed by atoms with Crippen LogP contribution in [0.2, 0.25) is 0 Å². The minimum atomic E-state index is -0.836. The molecule has 8 atom stereocenters. The summed E-state index contributed by atoms with van der Waals surface area (Å²) in [6.45, 7) is 6.90. The van der Waals surface area contributed by atoms with Gasteiger partial charge >= 0.3 is 5.97 Å². The van der Waals surface area contributed by atoms with E-state index in [1.165, 1.54) is 10.5 Å². The zero-order chi connectivity index (χ0) is 40.4. The highest BCUT2D eigenvalue weighted by Gasteiger charge is 2.65. The lowest BCUT2D eigenvalue weighted by Crippen LogP contribution is -2.51. The topological polar surface area (TPSA) is 127 Å². The van der Waals surface area contributed by atoms with Crippen molar-refractivity contribution in [1.29, 1.82) is 0 Å². The smallest absolute Gasteiger partial charge is 0.339 e. The Labute approximate surface area is 342 Å². The van der Waals surface area contributed by atoms with Crippen molar-refractivity contribution in [2.24, 2.45) is 29.1 Å². The van der Waals surface area contributed by atoms with E-state index in [1.807, 2.05) is 60.7 Å². The molecular formula is C48H60N2O8. The molecule has 58 heavy (non-hydrogen) atoms. The summed E-state index contributed by atoms with van der Waals surface area (Å²) in [6.07, 6.45) is 12.3. The Balaban J connectivity index is 0.992. The molecule has 310 valence electrons. The lowest BCUT2D eigenvalue weighted by molar-refractivity contribution is -0.209. The summed E-state index contributed by atoms with van der Waals surface area (Å²) in [7, 11) is 1.64. The maximum absolute atomic E-state index is 14.5. The number of amides is 2. The van der Waals surface area contributed by atoms with E-state index < -0.39 is 36.1 Å². The first-order valence-electron chi connectivity index (χ1n) is 21.8. The molecular weight excluding hydrogens is 733 g/mol. The van der Waals surface area contributed by atoms with Crippen LogP contribution in [0.3, 0.4) is 0 Å². The number of epoxide rings is 1. The van der Waals surface area contributed by atoms with Crippen molar-refractivity contribution >= 4 is 23.9 Å². The van der Waals surface area contributed by atoms with E-state index in [2.05, 4.69) is 32.2 Å². The van der Waals surface area contributed by atoms with Crippen LogP contribution in [0.15, 0.2) is 71.8 Å². The number of rotatable bonds is 12. The number of fused-ring (bicyclic) bond motifs is 3. The zero-order valence-electron chi connectivity index (χ0n) is 34.5. The highest BCUT2D eigenvalue weighted by atomic mass is 16.8. The maximum atomic E-state index is 14.5. The monoisotopic (exact) mass is 792 g/mol. The zero-order valence-corrected chi connectivity index (χ0v) is 34.5. The van der Waals surface area contributed by atoms with E-state index in [9.17, 15) is 19.5 Å². The molecule has 2 heterocycles. The average molecular weight is 793 g/mol. The van der Waals surface area contributed by atoms with Crippen LogP contribution in [0.1, 0.15) is 106 Å². The van der Waals surface area contributed by atoms with Crippen LogP contribution < -0.4 is 5.32 Å². The predicted molar refractivity (Wildman–Crippen MR) is 218 cm³/mol.